The number of benzene rings is 1. The molecule has 28 heavy (non-hydrogen) atoms. The maximum Gasteiger partial charge on any atom is 0.338 e. The van der Waals surface area contributed by atoms with Crippen molar-refractivity contribution in [3.63, 3.8) is 0 Å². The number of esters is 1. The lowest BCUT2D eigenvalue weighted by Crippen LogP contribution is -2.26. The molecular formula is C19H24N2O6S. The topological polar surface area (TPSA) is 94.9 Å². The summed E-state index contributed by atoms with van der Waals surface area (Å²) in [5.41, 5.74) is 2.30. The van der Waals surface area contributed by atoms with Gasteiger partial charge < -0.3 is 9.30 Å². The Kier molecular flexibility index (Phi) is 6.76. The number of Topliss-reactive ketones (excluding diaryl/α,β-unsaturated/α-hetero) is 1. The van der Waals surface area contributed by atoms with E-state index in [1.165, 1.54) is 38.4 Å². The zero-order chi connectivity index (χ0) is 21.1. The van der Waals surface area contributed by atoms with Gasteiger partial charge in [-0.2, -0.15) is 0 Å². The summed E-state index contributed by atoms with van der Waals surface area (Å²) < 4.78 is 32.3. The van der Waals surface area contributed by atoms with Crippen molar-refractivity contribution < 1.29 is 27.6 Å². The molecule has 2 aromatic rings. The van der Waals surface area contributed by atoms with Crippen LogP contribution in [0.15, 0.2) is 35.2 Å². The van der Waals surface area contributed by atoms with Gasteiger partial charge in [0, 0.05) is 30.5 Å². The first kappa shape index (κ1) is 21.8. The molecule has 0 aliphatic carbocycles. The second-order valence-electron chi connectivity index (χ2n) is 6.15. The molecule has 8 nitrogen and oxygen atoms in total. The first-order valence-electron chi connectivity index (χ1n) is 8.63. The minimum atomic E-state index is -3.90. The highest BCUT2D eigenvalue weighted by Crippen LogP contribution is 2.18. The summed E-state index contributed by atoms with van der Waals surface area (Å²) in [7, 11) is -1.44. The number of hydroxylamine groups is 1. The van der Waals surface area contributed by atoms with Crippen molar-refractivity contribution in [2.75, 3.05) is 20.8 Å². The van der Waals surface area contributed by atoms with Crippen LogP contribution in [0, 0.1) is 13.8 Å². The number of ether oxygens (including phenoxy) is 1. The van der Waals surface area contributed by atoms with E-state index < -0.39 is 22.6 Å². The van der Waals surface area contributed by atoms with E-state index in [1.54, 1.807) is 6.07 Å². The van der Waals surface area contributed by atoms with Gasteiger partial charge in [0.25, 0.3) is 10.0 Å². The molecule has 0 spiro atoms. The Morgan fingerprint density at radius 1 is 1.18 bits per heavy atom. The van der Waals surface area contributed by atoms with Crippen LogP contribution in [-0.2, 0) is 26.1 Å². The molecule has 0 amide bonds. The van der Waals surface area contributed by atoms with Crippen molar-refractivity contribution >= 4 is 21.8 Å². The minimum absolute atomic E-state index is 0.0254. The van der Waals surface area contributed by atoms with Gasteiger partial charge >= 0.3 is 5.97 Å². The highest BCUT2D eigenvalue weighted by molar-refractivity contribution is 7.89. The Bertz CT molecular complexity index is 994. The summed E-state index contributed by atoms with van der Waals surface area (Å²) in [6, 6.07) is 7.13. The van der Waals surface area contributed by atoms with Gasteiger partial charge in [-0.1, -0.05) is 10.5 Å². The molecule has 0 unspecified atom stereocenters. The average molecular weight is 408 g/mol. The fourth-order valence-electron chi connectivity index (χ4n) is 2.89. The number of nitrogens with zero attached hydrogens (tertiary/aromatic N) is 2. The zero-order valence-corrected chi connectivity index (χ0v) is 17.4. The zero-order valence-electron chi connectivity index (χ0n) is 16.6. The van der Waals surface area contributed by atoms with E-state index in [4.69, 9.17) is 9.57 Å². The van der Waals surface area contributed by atoms with Crippen LogP contribution >= 0.6 is 0 Å². The number of rotatable bonds is 8. The summed E-state index contributed by atoms with van der Waals surface area (Å²) >= 11 is 0. The molecule has 0 atom stereocenters. The molecule has 2 rings (SSSR count). The first-order valence-corrected chi connectivity index (χ1v) is 10.1. The number of carbonyl (C=O) groups excluding carboxylic acids is 2. The summed E-state index contributed by atoms with van der Waals surface area (Å²) in [6.45, 7) is 6.04. The van der Waals surface area contributed by atoms with Gasteiger partial charge in [0.05, 0.1) is 17.6 Å². The fraction of sp³-hybridized carbons (Fsp3) is 0.368. The van der Waals surface area contributed by atoms with E-state index >= 15 is 0 Å². The number of hydrogen-bond donors (Lipinski definition) is 0. The van der Waals surface area contributed by atoms with Gasteiger partial charge in [-0.15, -0.1) is 0 Å². The van der Waals surface area contributed by atoms with Crippen molar-refractivity contribution in [1.29, 1.82) is 0 Å². The monoisotopic (exact) mass is 408 g/mol. The highest BCUT2D eigenvalue weighted by atomic mass is 32.2. The molecule has 0 bridgehead atoms. The third-order valence-corrected chi connectivity index (χ3v) is 6.16. The lowest BCUT2D eigenvalue weighted by molar-refractivity contribution is -0.0258. The van der Waals surface area contributed by atoms with E-state index in [2.05, 4.69) is 0 Å². The number of sulfonamides is 1. The maximum absolute atomic E-state index is 12.4. The Balaban J connectivity index is 2.14. The van der Waals surface area contributed by atoms with Crippen LogP contribution in [0.5, 0.6) is 0 Å². The molecule has 0 aliphatic rings. The van der Waals surface area contributed by atoms with Gasteiger partial charge in [-0.05, 0) is 45.0 Å². The van der Waals surface area contributed by atoms with Gasteiger partial charge in [-0.3, -0.25) is 9.63 Å². The van der Waals surface area contributed by atoms with Crippen LogP contribution < -0.4 is 0 Å². The molecule has 0 N–H and O–H groups in total. The minimum Gasteiger partial charge on any atom is -0.454 e. The van der Waals surface area contributed by atoms with E-state index in [0.29, 0.717) is 10.0 Å². The predicted octanol–water partition coefficient (Wildman–Crippen LogP) is 2.35. The van der Waals surface area contributed by atoms with Crippen molar-refractivity contribution in [3.05, 3.63) is 52.8 Å². The number of hydrogen-bond acceptors (Lipinski definition) is 6. The van der Waals surface area contributed by atoms with Gasteiger partial charge in [0.2, 0.25) is 5.78 Å². The molecule has 0 radical (unpaired) electrons. The number of carbonyl (C=O) groups is 2. The fourth-order valence-corrected chi connectivity index (χ4v) is 3.91. The summed E-state index contributed by atoms with van der Waals surface area (Å²) in [6.07, 6.45) is 0. The van der Waals surface area contributed by atoms with Crippen LogP contribution in [-0.4, -0.2) is 50.0 Å². The molecule has 152 valence electrons. The third kappa shape index (κ3) is 4.32. The highest BCUT2D eigenvalue weighted by Gasteiger charge is 2.23. The smallest absolute Gasteiger partial charge is 0.338 e. The number of ketones is 1. The third-order valence-electron chi connectivity index (χ3n) is 4.49. The summed E-state index contributed by atoms with van der Waals surface area (Å²) in [5, 5.41) is 0. The maximum atomic E-state index is 12.4. The molecule has 0 aliphatic heterocycles. The summed E-state index contributed by atoms with van der Waals surface area (Å²) in [5.74, 6) is -1.10. The van der Waals surface area contributed by atoms with Crippen molar-refractivity contribution in [2.24, 2.45) is 0 Å². The molecule has 1 aromatic carbocycles. The Labute approximate surface area is 164 Å². The van der Waals surface area contributed by atoms with E-state index in [1.807, 2.05) is 25.3 Å². The first-order chi connectivity index (χ1) is 13.1. The molecule has 0 saturated heterocycles. The molecule has 0 saturated carbocycles. The van der Waals surface area contributed by atoms with Gasteiger partial charge in [0.1, 0.15) is 0 Å². The molecule has 1 heterocycles. The van der Waals surface area contributed by atoms with Gasteiger partial charge in [-0.25, -0.2) is 13.2 Å². The van der Waals surface area contributed by atoms with Crippen LogP contribution in [0.2, 0.25) is 0 Å². The standard InChI is InChI=1S/C19H24N2O6S/c1-6-21-13(2)10-17(14(21)3)18(22)12-27-19(23)15-8-7-9-16(11-15)28(24,25)20(4)26-5/h7-11H,6,12H2,1-5H3. The Morgan fingerprint density at radius 3 is 2.43 bits per heavy atom. The molecule has 9 heteroatoms. The lowest BCUT2D eigenvalue weighted by atomic mass is 10.1. The van der Waals surface area contributed by atoms with E-state index in [-0.39, 0.29) is 16.2 Å². The number of aryl methyl sites for hydroxylation is 1. The van der Waals surface area contributed by atoms with Crippen molar-refractivity contribution in [1.82, 2.24) is 9.04 Å². The van der Waals surface area contributed by atoms with Gasteiger partial charge in [0.15, 0.2) is 6.61 Å². The molecule has 1 aromatic heterocycles. The molecular weight excluding hydrogens is 384 g/mol. The second-order valence-corrected chi connectivity index (χ2v) is 8.09. The predicted molar refractivity (Wildman–Crippen MR) is 103 cm³/mol. The SMILES string of the molecule is CCn1c(C)cc(C(=O)COC(=O)c2cccc(S(=O)(=O)N(C)OC)c2)c1C. The molecule has 0 fully saturated rings. The average Bonchev–Trinajstić information content (AvgIpc) is 2.98. The van der Waals surface area contributed by atoms with Crippen molar-refractivity contribution in [2.45, 2.75) is 32.2 Å². The van der Waals surface area contributed by atoms with Crippen LogP contribution in [0.4, 0.5) is 0 Å². The Hall–Kier alpha value is -2.49. The van der Waals surface area contributed by atoms with Crippen LogP contribution in [0.25, 0.3) is 0 Å². The van der Waals surface area contributed by atoms with Crippen LogP contribution in [0.3, 0.4) is 0 Å². The van der Waals surface area contributed by atoms with Crippen molar-refractivity contribution in [3.8, 4) is 0 Å². The quantitative estimate of drug-likeness (QED) is 0.378. The number of aromatic nitrogens is 1. The second kappa shape index (κ2) is 8.68. The lowest BCUT2D eigenvalue weighted by Gasteiger charge is -2.14. The summed E-state index contributed by atoms with van der Waals surface area (Å²) in [4.78, 5) is 29.3. The largest absolute Gasteiger partial charge is 0.454 e. The van der Waals surface area contributed by atoms with Crippen LogP contribution in [0.1, 0.15) is 39.0 Å². The van der Waals surface area contributed by atoms with E-state index in [0.717, 1.165) is 17.9 Å². The van der Waals surface area contributed by atoms with E-state index in [9.17, 15) is 18.0 Å². The Morgan fingerprint density at radius 2 is 1.86 bits per heavy atom. The normalized spacial score (nSPS) is 11.6.